The Balaban J connectivity index is 0.00000121. The smallest absolute Gasteiger partial charge is 0.118 e. The van der Waals surface area contributed by atoms with E-state index in [2.05, 4.69) is 0 Å². The van der Waals surface area contributed by atoms with E-state index in [0.29, 0.717) is 6.54 Å². The predicted octanol–water partition coefficient (Wildman–Crippen LogP) is 2.22. The van der Waals surface area contributed by atoms with Crippen LogP contribution in [0, 0.1) is 0 Å². The summed E-state index contributed by atoms with van der Waals surface area (Å²) < 4.78 is 5.07. The lowest BCUT2D eigenvalue weighted by Gasteiger charge is -2.18. The monoisotopic (exact) mass is 237 g/mol. The first-order chi connectivity index (χ1) is 8.17. The van der Waals surface area contributed by atoms with E-state index in [1.54, 1.807) is 12.1 Å². The van der Waals surface area contributed by atoms with Crippen molar-refractivity contribution in [3.05, 3.63) is 41.7 Å². The fraction of sp³-hybridized carbons (Fsp3) is 0.385. The fourth-order valence-electron chi connectivity index (χ4n) is 1.15. The Bertz CT molecular complexity index is 333. The molecule has 0 aromatic heterocycles. The lowest BCUT2D eigenvalue weighted by molar-refractivity contribution is 0.351. The summed E-state index contributed by atoms with van der Waals surface area (Å²) in [6, 6.07) is 7.76. The van der Waals surface area contributed by atoms with Crippen LogP contribution < -0.4 is 16.3 Å². The Labute approximate surface area is 104 Å². The van der Waals surface area contributed by atoms with Crippen molar-refractivity contribution in [3.8, 4) is 5.75 Å². The van der Waals surface area contributed by atoms with Crippen LogP contribution in [0.1, 0.15) is 26.3 Å². The molecule has 0 saturated heterocycles. The normalized spacial score (nSPS) is 10.3. The van der Waals surface area contributed by atoms with Gasteiger partial charge in [-0.05, 0) is 24.6 Å². The van der Waals surface area contributed by atoms with Gasteiger partial charge in [0, 0.05) is 11.9 Å². The van der Waals surface area contributed by atoms with E-state index in [-0.39, 0.29) is 0 Å². The Morgan fingerprint density at radius 3 is 2.24 bits per heavy atom. The molecule has 17 heavy (non-hydrogen) atoms. The van der Waals surface area contributed by atoms with Crippen molar-refractivity contribution in [3.63, 3.8) is 0 Å². The number of benzene rings is 1. The molecule has 0 heterocycles. The number of hydrazine groups is 1. The lowest BCUT2D eigenvalue weighted by Crippen LogP contribution is -2.28. The van der Waals surface area contributed by atoms with Gasteiger partial charge in [-0.25, -0.2) is 5.84 Å². The van der Waals surface area contributed by atoms with Gasteiger partial charge in [0.25, 0.3) is 0 Å². The largest absolute Gasteiger partial charge is 0.497 e. The third kappa shape index (κ3) is 5.26. The Hall–Kier alpha value is -1.68. The van der Waals surface area contributed by atoms with E-state index >= 15 is 0 Å². The van der Waals surface area contributed by atoms with E-state index in [4.69, 9.17) is 16.3 Å². The molecule has 1 aromatic rings. The van der Waals surface area contributed by atoms with Crippen LogP contribution in [0.25, 0.3) is 0 Å². The third-order valence-corrected chi connectivity index (χ3v) is 2.21. The first-order valence-electron chi connectivity index (χ1n) is 5.71. The number of hydrogen-bond acceptors (Lipinski definition) is 4. The molecule has 4 nitrogen and oxygen atoms in total. The van der Waals surface area contributed by atoms with Crippen molar-refractivity contribution in [2.45, 2.75) is 27.3 Å². The quantitative estimate of drug-likeness (QED) is 0.622. The number of allylic oxidation sites excluding steroid dienone is 1. The second-order valence-corrected chi connectivity index (χ2v) is 3.28. The standard InChI is InChI=1S/C11H17N3O.C2H6/c1-9(7-12)14(13)8-10-3-5-11(15-2)6-4-10;1-2/h3-7H,8,12-13H2,1-2H3;1-2H3/b9-7-;. The molecule has 96 valence electrons. The van der Waals surface area contributed by atoms with Crippen LogP contribution >= 0.6 is 0 Å². The molecule has 4 N–H and O–H groups in total. The molecule has 0 spiro atoms. The highest BCUT2D eigenvalue weighted by atomic mass is 16.5. The number of hydrogen-bond donors (Lipinski definition) is 2. The Morgan fingerprint density at radius 1 is 1.29 bits per heavy atom. The Morgan fingerprint density at radius 2 is 1.82 bits per heavy atom. The molecule has 0 bridgehead atoms. The van der Waals surface area contributed by atoms with Gasteiger partial charge in [0.1, 0.15) is 5.75 Å². The molecule has 0 saturated carbocycles. The summed E-state index contributed by atoms with van der Waals surface area (Å²) >= 11 is 0. The highest BCUT2D eigenvalue weighted by Gasteiger charge is 2.01. The second-order valence-electron chi connectivity index (χ2n) is 3.28. The number of nitrogens with two attached hydrogens (primary N) is 2. The molecule has 0 aliphatic heterocycles. The summed E-state index contributed by atoms with van der Waals surface area (Å²) in [5.74, 6) is 6.63. The topological polar surface area (TPSA) is 64.5 Å². The number of rotatable bonds is 4. The molecular formula is C13H23N3O. The fourth-order valence-corrected chi connectivity index (χ4v) is 1.15. The zero-order valence-electron chi connectivity index (χ0n) is 11.1. The van der Waals surface area contributed by atoms with Crippen LogP contribution in [0.5, 0.6) is 5.75 Å². The summed E-state index contributed by atoms with van der Waals surface area (Å²) in [6.07, 6.45) is 1.49. The van der Waals surface area contributed by atoms with Crippen LogP contribution in [0.4, 0.5) is 0 Å². The third-order valence-electron chi connectivity index (χ3n) is 2.21. The minimum atomic E-state index is 0.628. The van der Waals surface area contributed by atoms with Gasteiger partial charge in [-0.1, -0.05) is 26.0 Å². The van der Waals surface area contributed by atoms with Gasteiger partial charge in [-0.2, -0.15) is 0 Å². The summed E-state index contributed by atoms with van der Waals surface area (Å²) in [6.45, 7) is 6.49. The van der Waals surface area contributed by atoms with Gasteiger partial charge in [0.2, 0.25) is 0 Å². The highest BCUT2D eigenvalue weighted by molar-refractivity contribution is 5.27. The lowest BCUT2D eigenvalue weighted by atomic mass is 10.2. The first kappa shape index (κ1) is 15.3. The average Bonchev–Trinajstić information content (AvgIpc) is 2.40. The minimum Gasteiger partial charge on any atom is -0.497 e. The summed E-state index contributed by atoms with van der Waals surface area (Å²) in [4.78, 5) is 0. The average molecular weight is 237 g/mol. The number of nitrogens with zero attached hydrogens (tertiary/aromatic N) is 1. The molecule has 0 radical (unpaired) electrons. The van der Waals surface area contributed by atoms with Gasteiger partial charge in [-0.3, -0.25) is 0 Å². The van der Waals surface area contributed by atoms with Crippen molar-refractivity contribution < 1.29 is 4.74 Å². The maximum Gasteiger partial charge on any atom is 0.118 e. The second kappa shape index (κ2) is 8.47. The van der Waals surface area contributed by atoms with Gasteiger partial charge < -0.3 is 15.5 Å². The van der Waals surface area contributed by atoms with E-state index in [1.165, 1.54) is 6.20 Å². The number of methoxy groups -OCH3 is 1. The minimum absolute atomic E-state index is 0.628. The summed E-state index contributed by atoms with van der Waals surface area (Å²) in [5.41, 5.74) is 7.32. The maximum atomic E-state index is 5.78. The van der Waals surface area contributed by atoms with Gasteiger partial charge in [0.15, 0.2) is 0 Å². The van der Waals surface area contributed by atoms with Gasteiger partial charge in [-0.15, -0.1) is 0 Å². The first-order valence-corrected chi connectivity index (χ1v) is 5.71. The Kier molecular flexibility index (Phi) is 7.63. The zero-order valence-corrected chi connectivity index (χ0v) is 11.1. The van der Waals surface area contributed by atoms with Gasteiger partial charge >= 0.3 is 0 Å². The molecule has 4 heteroatoms. The van der Waals surface area contributed by atoms with Crippen molar-refractivity contribution in [2.75, 3.05) is 7.11 Å². The van der Waals surface area contributed by atoms with Crippen LogP contribution in [-0.4, -0.2) is 12.1 Å². The van der Waals surface area contributed by atoms with Crippen LogP contribution in [0.15, 0.2) is 36.2 Å². The molecule has 0 aliphatic rings. The molecule has 1 rings (SSSR count). The SMILES string of the molecule is CC.COc1ccc(CN(N)/C(C)=C\N)cc1. The van der Waals surface area contributed by atoms with E-state index in [0.717, 1.165) is 17.0 Å². The number of ether oxygens (including phenoxy) is 1. The van der Waals surface area contributed by atoms with E-state index in [9.17, 15) is 0 Å². The molecule has 0 fully saturated rings. The zero-order chi connectivity index (χ0) is 13.3. The predicted molar refractivity (Wildman–Crippen MR) is 72.0 cm³/mol. The van der Waals surface area contributed by atoms with Crippen molar-refractivity contribution >= 4 is 0 Å². The molecule has 0 unspecified atom stereocenters. The van der Waals surface area contributed by atoms with Crippen LogP contribution in [-0.2, 0) is 6.54 Å². The van der Waals surface area contributed by atoms with Crippen LogP contribution in [0.2, 0.25) is 0 Å². The molecular weight excluding hydrogens is 214 g/mol. The van der Waals surface area contributed by atoms with Crippen molar-refractivity contribution in [2.24, 2.45) is 11.6 Å². The molecule has 0 amide bonds. The van der Waals surface area contributed by atoms with Gasteiger partial charge in [0.05, 0.1) is 13.7 Å². The van der Waals surface area contributed by atoms with Crippen molar-refractivity contribution in [1.29, 1.82) is 0 Å². The maximum absolute atomic E-state index is 5.78. The van der Waals surface area contributed by atoms with E-state index in [1.807, 2.05) is 45.0 Å². The van der Waals surface area contributed by atoms with Crippen LogP contribution in [0.3, 0.4) is 0 Å². The highest BCUT2D eigenvalue weighted by Crippen LogP contribution is 2.13. The summed E-state index contributed by atoms with van der Waals surface area (Å²) in [7, 11) is 1.64. The molecule has 0 aliphatic carbocycles. The van der Waals surface area contributed by atoms with E-state index < -0.39 is 0 Å². The summed E-state index contributed by atoms with van der Waals surface area (Å²) in [5, 5.41) is 1.60. The molecule has 1 aromatic carbocycles. The molecule has 0 atom stereocenters. The van der Waals surface area contributed by atoms with Crippen molar-refractivity contribution in [1.82, 2.24) is 5.01 Å².